The zero-order valence-corrected chi connectivity index (χ0v) is 14.9. The van der Waals surface area contributed by atoms with E-state index in [4.69, 9.17) is 5.11 Å². The van der Waals surface area contributed by atoms with E-state index in [-0.39, 0.29) is 11.2 Å². The molecule has 0 amide bonds. The lowest BCUT2D eigenvalue weighted by molar-refractivity contribution is -0.123. The van der Waals surface area contributed by atoms with Crippen LogP contribution in [0.2, 0.25) is 0 Å². The van der Waals surface area contributed by atoms with E-state index in [0.717, 1.165) is 25.7 Å². The minimum absolute atomic E-state index is 0.0242. The highest BCUT2D eigenvalue weighted by Crippen LogP contribution is 2.51. The van der Waals surface area contributed by atoms with Gasteiger partial charge in [0.15, 0.2) is 5.78 Å². The molecule has 1 N–H and O–H groups in total. The maximum absolute atomic E-state index is 12.1. The van der Waals surface area contributed by atoms with Gasteiger partial charge in [-0.1, -0.05) is 42.5 Å². The topological polar surface area (TPSA) is 54.4 Å². The summed E-state index contributed by atoms with van der Waals surface area (Å²) in [7, 11) is 0. The molecule has 2 aliphatic rings. The summed E-state index contributed by atoms with van der Waals surface area (Å²) in [5, 5.41) is 9.17. The molecule has 0 heterocycles. The van der Waals surface area contributed by atoms with Crippen LogP contribution in [0.15, 0.2) is 48.5 Å². The van der Waals surface area contributed by atoms with Crippen LogP contribution in [0.4, 0.5) is 0 Å². The molecule has 3 nitrogen and oxygen atoms in total. The first-order valence-corrected chi connectivity index (χ1v) is 9.45. The number of aliphatic hydroxyl groups is 1. The average molecular weight is 348 g/mol. The second-order valence-corrected chi connectivity index (χ2v) is 7.75. The minimum atomic E-state index is -0.453. The summed E-state index contributed by atoms with van der Waals surface area (Å²) in [5.74, 6) is 0.524. The molecule has 0 spiro atoms. The number of Topliss-reactive ketones (excluding diaryl/α,β-unsaturated/α-hetero) is 2. The molecule has 1 fully saturated rings. The van der Waals surface area contributed by atoms with Gasteiger partial charge in [-0.15, -0.1) is 0 Å². The van der Waals surface area contributed by atoms with Gasteiger partial charge >= 0.3 is 0 Å². The van der Waals surface area contributed by atoms with Crippen molar-refractivity contribution < 1.29 is 14.7 Å². The zero-order valence-electron chi connectivity index (χ0n) is 14.9. The van der Waals surface area contributed by atoms with E-state index in [2.05, 4.69) is 30.3 Å². The second-order valence-electron chi connectivity index (χ2n) is 7.75. The van der Waals surface area contributed by atoms with Crippen LogP contribution in [0.3, 0.4) is 0 Å². The molecular formula is C23H24O3. The summed E-state index contributed by atoms with van der Waals surface area (Å²) in [6, 6.07) is 16.4. The zero-order chi connectivity index (χ0) is 18.1. The quantitative estimate of drug-likeness (QED) is 0.858. The lowest BCUT2D eigenvalue weighted by atomic mass is 9.55. The molecule has 0 saturated heterocycles. The Hall–Kier alpha value is -2.26. The molecular weight excluding hydrogens is 324 g/mol. The fourth-order valence-electron chi connectivity index (χ4n) is 5.04. The highest BCUT2D eigenvalue weighted by atomic mass is 16.3. The Bertz CT molecular complexity index is 840. The maximum Gasteiger partial charge on any atom is 0.188 e. The van der Waals surface area contributed by atoms with Gasteiger partial charge in [-0.25, -0.2) is 0 Å². The van der Waals surface area contributed by atoms with Gasteiger partial charge in [-0.3, -0.25) is 9.59 Å². The number of benzene rings is 2. The number of aliphatic hydroxyl groups excluding tert-OH is 1. The van der Waals surface area contributed by atoms with Gasteiger partial charge in [0.25, 0.3) is 0 Å². The molecule has 134 valence electrons. The highest BCUT2D eigenvalue weighted by molar-refractivity contribution is 5.97. The first-order chi connectivity index (χ1) is 12.6. The first-order valence-electron chi connectivity index (χ1n) is 9.45. The molecule has 0 aliphatic heterocycles. The van der Waals surface area contributed by atoms with Crippen molar-refractivity contribution in [1.29, 1.82) is 0 Å². The van der Waals surface area contributed by atoms with Crippen molar-refractivity contribution in [3.63, 3.8) is 0 Å². The molecule has 0 unspecified atom stereocenters. The van der Waals surface area contributed by atoms with Crippen LogP contribution in [0.5, 0.6) is 0 Å². The number of aryl methyl sites for hydroxylation is 1. The Balaban J connectivity index is 1.79. The van der Waals surface area contributed by atoms with Gasteiger partial charge in [0, 0.05) is 23.8 Å². The van der Waals surface area contributed by atoms with E-state index in [1.807, 2.05) is 18.2 Å². The fraction of sp³-hybridized carbons (Fsp3) is 0.391. The third-order valence-corrected chi connectivity index (χ3v) is 6.34. The van der Waals surface area contributed by atoms with Gasteiger partial charge in [0.1, 0.15) is 12.4 Å². The van der Waals surface area contributed by atoms with Crippen molar-refractivity contribution >= 4 is 11.6 Å². The van der Waals surface area contributed by atoms with Crippen LogP contribution < -0.4 is 0 Å². The largest absolute Gasteiger partial charge is 0.388 e. The molecule has 0 aromatic heterocycles. The number of hydrogen-bond donors (Lipinski definition) is 1. The second kappa shape index (κ2) is 6.81. The average Bonchev–Trinajstić information content (AvgIpc) is 2.68. The van der Waals surface area contributed by atoms with Crippen molar-refractivity contribution in [1.82, 2.24) is 0 Å². The van der Waals surface area contributed by atoms with Gasteiger partial charge < -0.3 is 5.11 Å². The standard InChI is InChI=1S/C23H24O3/c24-15-22(26)18-7-9-21-17(12-18)6-8-19-13-20(25)10-11-23(19,21)14-16-4-2-1-3-5-16/h1-5,7,9,12,19,24H,6,8,10-11,13-15H2/t19-,23+/m1/s1. The molecule has 4 rings (SSSR count). The number of hydrogen-bond acceptors (Lipinski definition) is 3. The van der Waals surface area contributed by atoms with E-state index in [1.165, 1.54) is 16.7 Å². The van der Waals surface area contributed by atoms with E-state index in [9.17, 15) is 9.59 Å². The van der Waals surface area contributed by atoms with Crippen molar-refractivity contribution in [2.45, 2.75) is 43.9 Å². The summed E-state index contributed by atoms with van der Waals surface area (Å²) < 4.78 is 0. The van der Waals surface area contributed by atoms with Crippen LogP contribution in [-0.2, 0) is 23.1 Å². The summed E-state index contributed by atoms with van der Waals surface area (Å²) in [4.78, 5) is 24.0. The molecule has 0 radical (unpaired) electrons. The van der Waals surface area contributed by atoms with E-state index in [1.54, 1.807) is 0 Å². The van der Waals surface area contributed by atoms with E-state index >= 15 is 0 Å². The molecule has 1 saturated carbocycles. The molecule has 0 bridgehead atoms. The van der Waals surface area contributed by atoms with Crippen molar-refractivity contribution in [2.75, 3.05) is 6.61 Å². The molecule has 2 aliphatic carbocycles. The van der Waals surface area contributed by atoms with Gasteiger partial charge in [-0.2, -0.15) is 0 Å². The number of ketones is 2. The highest BCUT2D eigenvalue weighted by Gasteiger charge is 2.47. The Morgan fingerprint density at radius 2 is 1.92 bits per heavy atom. The van der Waals surface area contributed by atoms with Gasteiger partial charge in [0.05, 0.1) is 0 Å². The van der Waals surface area contributed by atoms with Crippen LogP contribution in [-0.4, -0.2) is 23.3 Å². The van der Waals surface area contributed by atoms with Crippen molar-refractivity contribution in [2.24, 2.45) is 5.92 Å². The normalized spacial score (nSPS) is 24.7. The summed E-state index contributed by atoms with van der Waals surface area (Å²) in [6.45, 7) is -0.453. The van der Waals surface area contributed by atoms with Crippen LogP contribution >= 0.6 is 0 Å². The van der Waals surface area contributed by atoms with Crippen molar-refractivity contribution in [3.8, 4) is 0 Å². The predicted octanol–water partition coefficient (Wildman–Crippen LogP) is 3.66. The summed E-state index contributed by atoms with van der Waals surface area (Å²) in [5.41, 5.74) is 4.39. The van der Waals surface area contributed by atoms with Crippen molar-refractivity contribution in [3.05, 3.63) is 70.8 Å². The van der Waals surface area contributed by atoms with E-state index in [0.29, 0.717) is 30.1 Å². The predicted molar refractivity (Wildman–Crippen MR) is 100 cm³/mol. The molecule has 2 atom stereocenters. The number of carbonyl (C=O) groups excluding carboxylic acids is 2. The smallest absolute Gasteiger partial charge is 0.188 e. The van der Waals surface area contributed by atoms with Crippen LogP contribution in [0, 0.1) is 5.92 Å². The molecule has 3 heteroatoms. The van der Waals surface area contributed by atoms with Crippen LogP contribution in [0.1, 0.15) is 52.7 Å². The fourth-order valence-corrected chi connectivity index (χ4v) is 5.04. The lowest BCUT2D eigenvalue weighted by Gasteiger charge is -2.48. The summed E-state index contributed by atoms with van der Waals surface area (Å²) >= 11 is 0. The number of fused-ring (bicyclic) bond motifs is 3. The SMILES string of the molecule is O=C1CC[C@@]2(Cc3ccccc3)c3ccc(C(=O)CO)cc3CC[C@@H]2C1. The van der Waals surface area contributed by atoms with Gasteiger partial charge in [-0.05, 0) is 54.4 Å². The van der Waals surface area contributed by atoms with E-state index < -0.39 is 6.61 Å². The van der Waals surface area contributed by atoms with Gasteiger partial charge in [0.2, 0.25) is 0 Å². The number of carbonyl (C=O) groups is 2. The maximum atomic E-state index is 12.1. The lowest BCUT2D eigenvalue weighted by Crippen LogP contribution is -2.46. The third kappa shape index (κ3) is 2.90. The first kappa shape index (κ1) is 17.2. The molecule has 2 aromatic rings. The Morgan fingerprint density at radius 1 is 1.12 bits per heavy atom. The Morgan fingerprint density at radius 3 is 2.69 bits per heavy atom. The Labute approximate surface area is 154 Å². The molecule has 26 heavy (non-hydrogen) atoms. The Kier molecular flexibility index (Phi) is 4.49. The summed E-state index contributed by atoms with van der Waals surface area (Å²) in [6.07, 6.45) is 5.01. The number of rotatable bonds is 4. The van der Waals surface area contributed by atoms with Crippen LogP contribution in [0.25, 0.3) is 0 Å². The monoisotopic (exact) mass is 348 g/mol. The minimum Gasteiger partial charge on any atom is -0.388 e. The molecule has 2 aromatic carbocycles. The third-order valence-electron chi connectivity index (χ3n) is 6.34.